The highest BCUT2D eigenvalue weighted by Crippen LogP contribution is 2.26. The Bertz CT molecular complexity index is 1380. The van der Waals surface area contributed by atoms with Gasteiger partial charge >= 0.3 is 0 Å². The molecule has 1 aromatic heterocycles. The lowest BCUT2D eigenvalue weighted by Gasteiger charge is -2.21. The number of carbonyl (C=O) groups is 1. The fourth-order valence-corrected chi connectivity index (χ4v) is 5.06. The van der Waals surface area contributed by atoms with Crippen molar-refractivity contribution in [2.45, 2.75) is 37.3 Å². The van der Waals surface area contributed by atoms with Crippen molar-refractivity contribution in [3.05, 3.63) is 101 Å². The predicted octanol–water partition coefficient (Wildman–Crippen LogP) is 4.44. The van der Waals surface area contributed by atoms with E-state index in [1.165, 1.54) is 28.8 Å². The molecule has 0 atom stereocenters. The summed E-state index contributed by atoms with van der Waals surface area (Å²) < 4.78 is 23.1. The predicted molar refractivity (Wildman–Crippen MR) is 160 cm³/mol. The van der Waals surface area contributed by atoms with E-state index in [1.807, 2.05) is 24.4 Å². The van der Waals surface area contributed by atoms with Gasteiger partial charge in [0.2, 0.25) is 5.91 Å². The summed E-state index contributed by atoms with van der Waals surface area (Å²) in [6.07, 6.45) is 4.51. The smallest absolute Gasteiger partial charge is 0.246 e. The third-order valence-corrected chi connectivity index (χ3v) is 7.42. The molecular weight excluding hydrogens is 559 g/mol. The number of halogens is 1. The van der Waals surface area contributed by atoms with Crippen LogP contribution < -0.4 is 11.2 Å². The van der Waals surface area contributed by atoms with Crippen LogP contribution in [0.4, 0.5) is 4.39 Å². The number of rotatable bonds is 18. The molecule has 42 heavy (non-hydrogen) atoms. The molecule has 224 valence electrons. The number of hydrogen-bond donors (Lipinski definition) is 4. The largest absolute Gasteiger partial charge is 0.395 e. The summed E-state index contributed by atoms with van der Waals surface area (Å²) in [7, 11) is 0. The Hall–Kier alpha value is -3.29. The number of nitrogens with one attached hydrogen (secondary N) is 2. The summed E-state index contributed by atoms with van der Waals surface area (Å²) in [5.74, 6) is 4.48. The van der Waals surface area contributed by atoms with Crippen LogP contribution in [0.5, 0.6) is 0 Å². The highest BCUT2D eigenvalue weighted by Gasteiger charge is 2.11. The molecule has 5 N–H and O–H groups in total. The molecule has 0 bridgehead atoms. The summed E-state index contributed by atoms with van der Waals surface area (Å²) in [5.41, 5.74) is 5.43. The van der Waals surface area contributed by atoms with Gasteiger partial charge in [0.25, 0.3) is 0 Å². The highest BCUT2D eigenvalue weighted by molar-refractivity contribution is 7.94. The van der Waals surface area contributed by atoms with E-state index in [2.05, 4.69) is 44.5 Å². The van der Waals surface area contributed by atoms with Gasteiger partial charge < -0.3 is 20.1 Å². The average Bonchev–Trinajstić information content (AvgIpc) is 3.41. The van der Waals surface area contributed by atoms with Crippen molar-refractivity contribution in [1.82, 2.24) is 15.2 Å². The van der Waals surface area contributed by atoms with E-state index in [4.69, 9.17) is 15.0 Å². The number of aliphatic hydroxyl groups excluding tert-OH is 1. The quantitative estimate of drug-likeness (QED) is 0.0576. The lowest BCUT2D eigenvalue weighted by atomic mass is 10.1. The van der Waals surface area contributed by atoms with Gasteiger partial charge in [-0.25, -0.2) is 4.39 Å². The summed E-state index contributed by atoms with van der Waals surface area (Å²) in [6.45, 7) is 3.00. The molecule has 0 saturated heterocycles. The van der Waals surface area contributed by atoms with Crippen LogP contribution >= 0.6 is 12.0 Å². The Labute approximate surface area is 249 Å². The van der Waals surface area contributed by atoms with Crippen LogP contribution in [0.3, 0.4) is 0 Å². The van der Waals surface area contributed by atoms with Crippen LogP contribution in [0.25, 0.3) is 10.9 Å². The molecule has 0 unspecified atom stereocenters. The number of aromatic nitrogens is 1. The normalized spacial score (nSPS) is 11.4. The molecular formula is C31H37FN4O5S. The molecule has 4 rings (SSSR count). The standard InChI is InChI=1S/C31H37FN4O5S/c32-27-9-7-25(8-10-27)21-39-22-31(38)34-14-1-2-23-3-5-24(6-4-23)20-36(16-17-37)15-13-26-19-35-30-12-11-28(18-29(26)30)42-41-40-33/h3-12,18-19,35,37H,1-2,13-17,20-22,33H2,(H,34,38). The maximum Gasteiger partial charge on any atom is 0.246 e. The summed E-state index contributed by atoms with van der Waals surface area (Å²) in [5, 5.41) is 13.6. The highest BCUT2D eigenvalue weighted by atomic mass is 32.2. The van der Waals surface area contributed by atoms with Crippen molar-refractivity contribution in [3.8, 4) is 0 Å². The molecule has 3 aromatic carbocycles. The van der Waals surface area contributed by atoms with E-state index < -0.39 is 0 Å². The number of amides is 1. The number of ether oxygens (including phenoxy) is 1. The van der Waals surface area contributed by atoms with Gasteiger partial charge in [0.1, 0.15) is 12.4 Å². The number of H-pyrrole nitrogens is 1. The number of aryl methyl sites for hydroxylation is 1. The molecule has 9 nitrogen and oxygen atoms in total. The second-order valence-electron chi connectivity index (χ2n) is 9.91. The first kappa shape index (κ1) is 31.6. The first-order valence-electron chi connectivity index (χ1n) is 13.8. The summed E-state index contributed by atoms with van der Waals surface area (Å²) in [4.78, 5) is 22.6. The van der Waals surface area contributed by atoms with Crippen LogP contribution in [0, 0.1) is 5.82 Å². The van der Waals surface area contributed by atoms with E-state index in [0.29, 0.717) is 13.1 Å². The Morgan fingerprint density at radius 2 is 1.76 bits per heavy atom. The number of benzene rings is 3. The minimum atomic E-state index is -0.298. The molecule has 0 fully saturated rings. The Kier molecular flexibility index (Phi) is 12.8. The van der Waals surface area contributed by atoms with Crippen LogP contribution in [0.1, 0.15) is 28.7 Å². The van der Waals surface area contributed by atoms with Gasteiger partial charge in [0.05, 0.1) is 25.3 Å². The van der Waals surface area contributed by atoms with E-state index in [0.717, 1.165) is 65.8 Å². The third-order valence-electron chi connectivity index (χ3n) is 6.83. The molecule has 4 aromatic rings. The molecule has 0 aliphatic carbocycles. The zero-order valence-electron chi connectivity index (χ0n) is 23.4. The summed E-state index contributed by atoms with van der Waals surface area (Å²) in [6, 6.07) is 20.5. The molecule has 0 radical (unpaired) electrons. The molecule has 0 aliphatic rings. The topological polar surface area (TPSA) is 122 Å². The molecule has 1 amide bonds. The molecule has 0 aliphatic heterocycles. The first-order valence-corrected chi connectivity index (χ1v) is 14.6. The number of nitrogens with zero attached hydrogens (tertiary/aromatic N) is 1. The monoisotopic (exact) mass is 596 g/mol. The van der Waals surface area contributed by atoms with Crippen molar-refractivity contribution in [2.24, 2.45) is 5.90 Å². The average molecular weight is 597 g/mol. The van der Waals surface area contributed by atoms with E-state index in [-0.39, 0.29) is 31.5 Å². The van der Waals surface area contributed by atoms with Crippen LogP contribution in [-0.2, 0) is 44.8 Å². The Morgan fingerprint density at radius 1 is 1.00 bits per heavy atom. The zero-order valence-corrected chi connectivity index (χ0v) is 24.2. The molecule has 0 spiro atoms. The Balaban J connectivity index is 1.17. The van der Waals surface area contributed by atoms with Gasteiger partial charge in [-0.3, -0.25) is 9.69 Å². The first-order chi connectivity index (χ1) is 20.5. The van der Waals surface area contributed by atoms with Gasteiger partial charge in [-0.2, -0.15) is 5.90 Å². The van der Waals surface area contributed by atoms with Crippen molar-refractivity contribution < 1.29 is 28.4 Å². The van der Waals surface area contributed by atoms with Crippen LogP contribution in [0.2, 0.25) is 0 Å². The third kappa shape index (κ3) is 10.2. The molecule has 0 saturated carbocycles. The van der Waals surface area contributed by atoms with Gasteiger partial charge in [-0.15, -0.1) is 9.32 Å². The lowest BCUT2D eigenvalue weighted by Crippen LogP contribution is -2.29. The second-order valence-corrected chi connectivity index (χ2v) is 10.7. The number of fused-ring (bicyclic) bond motifs is 1. The zero-order chi connectivity index (χ0) is 29.6. The summed E-state index contributed by atoms with van der Waals surface area (Å²) >= 11 is 1.06. The Morgan fingerprint density at radius 3 is 2.52 bits per heavy atom. The van der Waals surface area contributed by atoms with Gasteiger partial charge in [-0.1, -0.05) is 36.4 Å². The fraction of sp³-hybridized carbons (Fsp3) is 0.323. The fourth-order valence-electron chi connectivity index (χ4n) is 4.65. The van der Waals surface area contributed by atoms with Crippen LogP contribution in [0.15, 0.2) is 77.8 Å². The van der Waals surface area contributed by atoms with Crippen molar-refractivity contribution in [2.75, 3.05) is 32.8 Å². The molecule has 11 heteroatoms. The maximum atomic E-state index is 13.0. The number of hydrogen-bond acceptors (Lipinski definition) is 8. The lowest BCUT2D eigenvalue weighted by molar-refractivity contribution is -0.195. The SMILES string of the molecule is NOOSc1ccc2[nH]cc(CCN(CCO)Cc3ccc(CCCNC(=O)COCc4ccc(F)cc4)cc3)c2c1. The maximum absolute atomic E-state index is 13.0. The minimum Gasteiger partial charge on any atom is -0.395 e. The minimum absolute atomic E-state index is 0.0317. The van der Waals surface area contributed by atoms with Crippen molar-refractivity contribution in [3.63, 3.8) is 0 Å². The van der Waals surface area contributed by atoms with Gasteiger partial charge in [-0.05, 0) is 71.8 Å². The number of aliphatic hydroxyl groups is 1. The van der Waals surface area contributed by atoms with Crippen LogP contribution in [-0.4, -0.2) is 53.7 Å². The van der Waals surface area contributed by atoms with Crippen molar-refractivity contribution >= 4 is 28.9 Å². The van der Waals surface area contributed by atoms with Gasteiger partial charge in [0.15, 0.2) is 0 Å². The second kappa shape index (κ2) is 17.0. The van der Waals surface area contributed by atoms with E-state index in [1.54, 1.807) is 12.1 Å². The number of aromatic amines is 1. The van der Waals surface area contributed by atoms with E-state index >= 15 is 0 Å². The molecule has 1 heterocycles. The number of carbonyl (C=O) groups excluding carboxylic acids is 1. The number of nitrogens with two attached hydrogens (primary N) is 1. The van der Waals surface area contributed by atoms with E-state index in [9.17, 15) is 14.3 Å². The van der Waals surface area contributed by atoms with Crippen molar-refractivity contribution in [1.29, 1.82) is 0 Å². The van der Waals surface area contributed by atoms with Gasteiger partial charge in [0, 0.05) is 48.2 Å².